The topological polar surface area (TPSA) is 231 Å². The van der Waals surface area contributed by atoms with E-state index in [1.54, 1.807) is 0 Å². The summed E-state index contributed by atoms with van der Waals surface area (Å²) in [7, 11) is 0. The molecule has 2 saturated heterocycles. The van der Waals surface area contributed by atoms with Gasteiger partial charge in [0.1, 0.15) is 55.4 Å². The molecule has 0 amide bonds. The third kappa shape index (κ3) is 25.0. The Morgan fingerprint density at radius 2 is 0.953 bits per heavy atom. The fourth-order valence-electron chi connectivity index (χ4n) is 7.53. The molecule has 2 rings (SSSR count). The van der Waals surface area contributed by atoms with Crippen LogP contribution in [0.3, 0.4) is 0 Å². The summed E-state index contributed by atoms with van der Waals surface area (Å²) in [5, 5.41) is 71.9. The molecule has 0 aromatic rings. The van der Waals surface area contributed by atoms with Gasteiger partial charge >= 0.3 is 11.9 Å². The summed E-state index contributed by atoms with van der Waals surface area (Å²) >= 11 is 0. The minimum atomic E-state index is -1.77. The van der Waals surface area contributed by atoms with Crippen LogP contribution in [0, 0.1) is 0 Å². The standard InChI is InChI=1S/C49H86O15/c1-3-5-7-9-11-13-15-16-17-18-19-20-22-23-25-27-29-31-40(51)59-34-37(62-41(52)32-30-28-26-24-21-14-12-10-8-6-4-2)35-60-48-47(58)45(56)43(54)39(64-48)36-61-49-46(57)44(55)42(53)38(33-50)63-49/h16-17,19-20,23,25,37-39,42-50,53-58H,3-15,18,21-22,24,26-36H2,1-2H3/b17-16+,20-19+,25-23+/t37-,38+,39+,42-,43-,44?,45?,46?,47?,48+,49+/m0/s1. The number of aliphatic hydroxyl groups excluding tert-OH is 7. The molecule has 7 N–H and O–H groups in total. The van der Waals surface area contributed by atoms with E-state index in [1.165, 1.54) is 83.5 Å². The van der Waals surface area contributed by atoms with Crippen LogP contribution in [0.1, 0.15) is 168 Å². The zero-order chi connectivity index (χ0) is 46.8. The molecule has 15 nitrogen and oxygen atoms in total. The van der Waals surface area contributed by atoms with E-state index in [0.717, 1.165) is 38.5 Å². The molecule has 4 unspecified atom stereocenters. The van der Waals surface area contributed by atoms with Crippen molar-refractivity contribution in [3.63, 3.8) is 0 Å². The summed E-state index contributed by atoms with van der Waals surface area (Å²) in [5.41, 5.74) is 0. The number of hydrogen-bond donors (Lipinski definition) is 7. The Kier molecular flexibility index (Phi) is 33.3. The number of unbranched alkanes of at least 4 members (excludes halogenated alkanes) is 17. The molecule has 2 heterocycles. The molecule has 2 aliphatic heterocycles. The van der Waals surface area contributed by atoms with E-state index in [2.05, 4.69) is 44.2 Å². The van der Waals surface area contributed by atoms with Gasteiger partial charge in [-0.3, -0.25) is 9.59 Å². The third-order valence-electron chi connectivity index (χ3n) is 11.6. The maximum atomic E-state index is 12.9. The molecule has 11 atom stereocenters. The molecule has 15 heteroatoms. The highest BCUT2D eigenvalue weighted by Crippen LogP contribution is 2.26. The predicted molar refractivity (Wildman–Crippen MR) is 243 cm³/mol. The van der Waals surface area contributed by atoms with Crippen molar-refractivity contribution in [2.24, 2.45) is 0 Å². The molecule has 64 heavy (non-hydrogen) atoms. The smallest absolute Gasteiger partial charge is 0.306 e. The summed E-state index contributed by atoms with van der Waals surface area (Å²) in [5.74, 6) is -0.985. The van der Waals surface area contributed by atoms with E-state index < -0.39 is 99.3 Å². The van der Waals surface area contributed by atoms with Crippen molar-refractivity contribution in [1.82, 2.24) is 0 Å². The number of allylic oxidation sites excluding steroid dienone is 6. The number of carbonyl (C=O) groups is 2. The highest BCUT2D eigenvalue weighted by Gasteiger charge is 2.47. The molecule has 0 saturated carbocycles. The van der Waals surface area contributed by atoms with Crippen molar-refractivity contribution in [1.29, 1.82) is 0 Å². The quantitative estimate of drug-likeness (QED) is 0.0211. The molecule has 2 fully saturated rings. The van der Waals surface area contributed by atoms with Crippen LogP contribution in [0.4, 0.5) is 0 Å². The maximum absolute atomic E-state index is 12.9. The molecule has 0 aromatic heterocycles. The average molecular weight is 915 g/mol. The zero-order valence-electron chi connectivity index (χ0n) is 39.0. The average Bonchev–Trinajstić information content (AvgIpc) is 3.29. The summed E-state index contributed by atoms with van der Waals surface area (Å²) in [4.78, 5) is 25.6. The lowest BCUT2D eigenvalue weighted by Gasteiger charge is -2.42. The first-order valence-electron chi connectivity index (χ1n) is 24.6. The van der Waals surface area contributed by atoms with Crippen molar-refractivity contribution in [3.8, 4) is 0 Å². The van der Waals surface area contributed by atoms with Crippen molar-refractivity contribution in [2.45, 2.75) is 235 Å². The van der Waals surface area contributed by atoms with Crippen molar-refractivity contribution in [3.05, 3.63) is 36.5 Å². The van der Waals surface area contributed by atoms with Crippen LogP contribution in [0.15, 0.2) is 36.5 Å². The Morgan fingerprint density at radius 3 is 1.52 bits per heavy atom. The normalized spacial score (nSPS) is 26.9. The lowest BCUT2D eigenvalue weighted by molar-refractivity contribution is -0.332. The first kappa shape index (κ1) is 57.8. The minimum absolute atomic E-state index is 0.147. The number of carbonyl (C=O) groups excluding carboxylic acids is 2. The van der Waals surface area contributed by atoms with E-state index in [4.69, 9.17) is 28.4 Å². The van der Waals surface area contributed by atoms with Gasteiger partial charge in [-0.1, -0.05) is 147 Å². The van der Waals surface area contributed by atoms with E-state index in [9.17, 15) is 45.3 Å². The fourth-order valence-corrected chi connectivity index (χ4v) is 7.53. The Bertz CT molecular complexity index is 1260. The molecular formula is C49H86O15. The van der Waals surface area contributed by atoms with Crippen LogP contribution >= 0.6 is 0 Å². The fraction of sp³-hybridized carbons (Fsp3) is 0.837. The summed E-state index contributed by atoms with van der Waals surface area (Å²) in [6, 6.07) is 0. The Balaban J connectivity index is 1.84. The number of esters is 2. The summed E-state index contributed by atoms with van der Waals surface area (Å²) in [6.45, 7) is 2.51. The number of ether oxygens (including phenoxy) is 6. The van der Waals surface area contributed by atoms with Gasteiger partial charge in [0.2, 0.25) is 0 Å². The highest BCUT2D eigenvalue weighted by molar-refractivity contribution is 5.70. The Morgan fingerprint density at radius 1 is 0.500 bits per heavy atom. The van der Waals surface area contributed by atoms with Gasteiger partial charge in [-0.25, -0.2) is 0 Å². The van der Waals surface area contributed by atoms with Gasteiger partial charge < -0.3 is 64.2 Å². The Hall–Kier alpha value is -2.28. The van der Waals surface area contributed by atoms with Gasteiger partial charge in [-0.05, 0) is 44.9 Å². The second kappa shape index (κ2) is 36.8. The molecule has 0 radical (unpaired) electrons. The lowest BCUT2D eigenvalue weighted by atomic mass is 9.98. The first-order valence-corrected chi connectivity index (χ1v) is 24.6. The number of rotatable bonds is 37. The minimum Gasteiger partial charge on any atom is -0.462 e. The van der Waals surface area contributed by atoms with Gasteiger partial charge in [-0.15, -0.1) is 0 Å². The van der Waals surface area contributed by atoms with Crippen LogP contribution in [0.2, 0.25) is 0 Å². The maximum Gasteiger partial charge on any atom is 0.306 e. The van der Waals surface area contributed by atoms with Gasteiger partial charge in [0, 0.05) is 12.8 Å². The van der Waals surface area contributed by atoms with E-state index in [-0.39, 0.29) is 19.4 Å². The Labute approximate surface area is 383 Å². The second-order valence-electron chi connectivity index (χ2n) is 17.3. The monoisotopic (exact) mass is 915 g/mol. The number of hydrogen-bond acceptors (Lipinski definition) is 15. The van der Waals surface area contributed by atoms with Crippen molar-refractivity contribution in [2.75, 3.05) is 26.4 Å². The summed E-state index contributed by atoms with van der Waals surface area (Å²) < 4.78 is 33.4. The second-order valence-corrected chi connectivity index (χ2v) is 17.3. The predicted octanol–water partition coefficient (Wildman–Crippen LogP) is 6.15. The van der Waals surface area contributed by atoms with Crippen LogP contribution < -0.4 is 0 Å². The highest BCUT2D eigenvalue weighted by atomic mass is 16.7. The van der Waals surface area contributed by atoms with Crippen molar-refractivity contribution < 1.29 is 73.8 Å². The lowest BCUT2D eigenvalue weighted by Crippen LogP contribution is -2.61. The van der Waals surface area contributed by atoms with Gasteiger partial charge in [0.05, 0.1) is 19.8 Å². The van der Waals surface area contributed by atoms with Crippen molar-refractivity contribution >= 4 is 11.9 Å². The molecule has 2 aliphatic rings. The van der Waals surface area contributed by atoms with Gasteiger partial charge in [-0.2, -0.15) is 0 Å². The van der Waals surface area contributed by atoms with Crippen LogP contribution in [-0.4, -0.2) is 142 Å². The van der Waals surface area contributed by atoms with E-state index >= 15 is 0 Å². The summed E-state index contributed by atoms with van der Waals surface area (Å²) in [6.07, 6.45) is 20.5. The van der Waals surface area contributed by atoms with Crippen LogP contribution in [-0.2, 0) is 38.0 Å². The molecule has 0 aromatic carbocycles. The molecular weight excluding hydrogens is 829 g/mol. The number of aliphatic hydroxyl groups is 7. The SMILES string of the molecule is CCCCCCCC/C=C/C/C=C/C/C=C/CCCC(=O)OC[C@@H](CO[C@@H]1O[C@H](CO[C@@H]2O[C@H](CO)[C@H](O)C(O)C2O)[C@H](O)C(O)C1O)OC(=O)CCCCCCCCCCCCC. The van der Waals surface area contributed by atoms with Crippen LogP contribution in [0.5, 0.6) is 0 Å². The molecule has 372 valence electrons. The van der Waals surface area contributed by atoms with Gasteiger partial charge in [0.25, 0.3) is 0 Å². The molecule has 0 bridgehead atoms. The largest absolute Gasteiger partial charge is 0.462 e. The van der Waals surface area contributed by atoms with Gasteiger partial charge in [0.15, 0.2) is 18.7 Å². The van der Waals surface area contributed by atoms with E-state index in [1.807, 2.05) is 6.08 Å². The molecule has 0 aliphatic carbocycles. The zero-order valence-corrected chi connectivity index (χ0v) is 39.0. The van der Waals surface area contributed by atoms with E-state index in [0.29, 0.717) is 19.3 Å². The molecule has 0 spiro atoms. The first-order chi connectivity index (χ1) is 31.0. The third-order valence-corrected chi connectivity index (χ3v) is 11.6. The van der Waals surface area contributed by atoms with Crippen LogP contribution in [0.25, 0.3) is 0 Å².